The number of hydrogen-bond donors (Lipinski definition) is 5. The number of nitrogens with one attached hydrogen (secondary N) is 8. The second-order valence-corrected chi connectivity index (χ2v) is 46.9. The Hall–Kier alpha value is -1.85. The van der Waals surface area contributed by atoms with E-state index in [9.17, 15) is 0 Å². The zero-order valence-electron chi connectivity index (χ0n) is 34.6. The van der Waals surface area contributed by atoms with E-state index in [1.807, 2.05) is 6.07 Å². The molecule has 0 fully saturated rings. The van der Waals surface area contributed by atoms with E-state index in [2.05, 4.69) is 206 Å². The Morgan fingerprint density at radius 1 is 0.367 bits per heavy atom. The van der Waals surface area contributed by atoms with Crippen LogP contribution in [0.15, 0.2) is 54.6 Å². The molecule has 3 aromatic rings. The first-order chi connectivity index (χ1) is 21.5. The maximum atomic E-state index is 4.74. The van der Waals surface area contributed by atoms with Crippen molar-refractivity contribution in [2.75, 3.05) is 24.9 Å². The van der Waals surface area contributed by atoms with Gasteiger partial charge in [0.15, 0.2) is 8.24 Å². The van der Waals surface area contributed by atoms with Crippen LogP contribution in [0.25, 0.3) is 4.98 Å². The SMILES string of the molecule is C[Si](C)(C)Nc1cccc(N[Si](C)(C)C)[nH+]1.C[Si](C)(C)Nc1cccc(N[Si](C)(C)C)[nH+]1.C[Si](C)(C)[N-]c1cccc(N[Si](C)(C)C)[nH+]1.[Li+]. The number of aromatic nitrogens is 3. The summed E-state index contributed by atoms with van der Waals surface area (Å²) >= 11 is 0. The van der Waals surface area contributed by atoms with Gasteiger partial charge in [-0.15, -0.1) is 0 Å². The molecule has 0 amide bonds. The molecule has 3 aromatic heterocycles. The fourth-order valence-corrected chi connectivity index (χ4v) is 9.83. The topological polar surface area (TPSA) is 117 Å². The van der Waals surface area contributed by atoms with Crippen molar-refractivity contribution in [3.63, 3.8) is 0 Å². The molecule has 0 saturated carbocycles. The van der Waals surface area contributed by atoms with Gasteiger partial charge in [-0.25, -0.2) is 9.97 Å². The first kappa shape index (κ1) is 47.1. The van der Waals surface area contributed by atoms with Gasteiger partial charge in [0.05, 0.1) is 5.82 Å². The van der Waals surface area contributed by atoms with Crippen LogP contribution in [-0.2, 0) is 0 Å². The van der Waals surface area contributed by atoms with Gasteiger partial charge in [0, 0.05) is 24.3 Å². The molecule has 270 valence electrons. The Kier molecular flexibility index (Phi) is 18.4. The van der Waals surface area contributed by atoms with E-state index in [1.54, 1.807) is 0 Å². The quantitative estimate of drug-likeness (QED) is 0.134. The van der Waals surface area contributed by atoms with Gasteiger partial charge in [-0.05, 0) is 122 Å². The molecule has 0 radical (unpaired) electrons. The number of H-pyrrole nitrogens is 3. The molecule has 3 heterocycles. The summed E-state index contributed by atoms with van der Waals surface area (Å²) in [7, 11) is -7.80. The molecule has 0 bridgehead atoms. The maximum absolute atomic E-state index is 4.74. The Balaban J connectivity index is 0.000000698. The molecule has 3 rings (SSSR count). The minimum absolute atomic E-state index is 0. The Morgan fingerprint density at radius 2 is 0.592 bits per heavy atom. The molecule has 49 heavy (non-hydrogen) atoms. The summed E-state index contributed by atoms with van der Waals surface area (Å²) in [5.74, 6) is 6.52. The summed E-state index contributed by atoms with van der Waals surface area (Å²) < 4.78 is 0. The smallest absolute Gasteiger partial charge is 0.397 e. The second-order valence-electron chi connectivity index (χ2n) is 18.6. The van der Waals surface area contributed by atoms with Crippen molar-refractivity contribution in [2.45, 2.75) is 118 Å². The number of hydrogen-bond acceptors (Lipinski definition) is 5. The van der Waals surface area contributed by atoms with Gasteiger partial charge in [0.25, 0.3) is 0 Å². The third-order valence-electron chi connectivity index (χ3n) is 5.37. The number of nitrogens with zero attached hydrogens (tertiary/aromatic N) is 1. The number of pyridine rings is 3. The van der Waals surface area contributed by atoms with Gasteiger partial charge in [0.2, 0.25) is 56.2 Å². The summed E-state index contributed by atoms with van der Waals surface area (Å²) in [6, 6.07) is 18.7. The normalized spacial score (nSPS) is 12.1. The largest absolute Gasteiger partial charge is 1.00 e. The van der Waals surface area contributed by atoms with Crippen LogP contribution in [0.2, 0.25) is 118 Å². The van der Waals surface area contributed by atoms with Gasteiger partial charge in [-0.2, -0.15) is 0 Å². The van der Waals surface area contributed by atoms with E-state index in [0.717, 1.165) is 34.9 Å². The van der Waals surface area contributed by atoms with E-state index in [4.69, 9.17) is 4.98 Å². The van der Waals surface area contributed by atoms with Crippen molar-refractivity contribution in [3.05, 3.63) is 59.6 Å². The van der Waals surface area contributed by atoms with Gasteiger partial charge in [-0.3, -0.25) is 0 Å². The molecule has 0 aliphatic heterocycles. The van der Waals surface area contributed by atoms with Gasteiger partial charge in [0.1, 0.15) is 14.1 Å². The average Bonchev–Trinajstić information content (AvgIpc) is 2.79. The van der Waals surface area contributed by atoms with E-state index >= 15 is 0 Å². The first-order valence-corrected chi connectivity index (χ1v) is 38.1. The first-order valence-electron chi connectivity index (χ1n) is 17.2. The van der Waals surface area contributed by atoms with Crippen LogP contribution in [0.3, 0.4) is 0 Å². The molecule has 0 saturated heterocycles. The van der Waals surface area contributed by atoms with Crippen molar-refractivity contribution in [1.82, 2.24) is 0 Å². The molecule has 16 heteroatoms. The minimum Gasteiger partial charge on any atom is -0.397 e. The molecule has 0 aromatic carbocycles. The van der Waals surface area contributed by atoms with E-state index in [-0.39, 0.29) is 18.9 Å². The number of aromatic amines is 3. The van der Waals surface area contributed by atoms with Crippen molar-refractivity contribution < 1.29 is 33.8 Å². The van der Waals surface area contributed by atoms with Gasteiger partial charge >= 0.3 is 18.9 Å². The zero-order valence-corrected chi connectivity index (χ0v) is 40.6. The Morgan fingerprint density at radius 3 is 0.816 bits per heavy atom. The van der Waals surface area contributed by atoms with Crippen LogP contribution in [0.5, 0.6) is 0 Å². The van der Waals surface area contributed by atoms with Crippen LogP contribution in [0, 0.1) is 0 Å². The minimum atomic E-state index is -1.40. The third kappa shape index (κ3) is 26.6. The fourth-order valence-electron chi connectivity index (χ4n) is 4.21. The van der Waals surface area contributed by atoms with Crippen LogP contribution < -0.4 is 58.7 Å². The third-order valence-corrected chi connectivity index (χ3v) is 11.4. The van der Waals surface area contributed by atoms with Gasteiger partial charge in [-0.1, -0.05) is 25.7 Å². The monoisotopic (exact) mass is 768 g/mol. The summed E-state index contributed by atoms with van der Waals surface area (Å²) in [6.07, 6.45) is 0. The van der Waals surface area contributed by atoms with Crippen molar-refractivity contribution >= 4 is 84.3 Å². The summed E-state index contributed by atoms with van der Waals surface area (Å²) in [5, 5.41) is 0. The zero-order chi connectivity index (χ0) is 37.2. The van der Waals surface area contributed by atoms with Crippen LogP contribution in [-0.4, -0.2) is 49.4 Å². The summed E-state index contributed by atoms with van der Waals surface area (Å²) in [5.41, 5.74) is 0. The molecule has 0 aliphatic rings. The predicted octanol–water partition coefficient (Wildman–Crippen LogP) is 6.58. The molecule has 0 atom stereocenters. The number of rotatable bonds is 12. The fraction of sp³-hybridized carbons (Fsp3) is 0.545. The van der Waals surface area contributed by atoms with E-state index < -0.39 is 49.4 Å². The van der Waals surface area contributed by atoms with Crippen LogP contribution >= 0.6 is 0 Å². The predicted molar refractivity (Wildman–Crippen MR) is 230 cm³/mol. The van der Waals surface area contributed by atoms with Crippen LogP contribution in [0.1, 0.15) is 0 Å². The Labute approximate surface area is 318 Å². The molecule has 0 aliphatic carbocycles. The maximum Gasteiger partial charge on any atom is 1.00 e. The molecule has 8 N–H and O–H groups in total. The average molecular weight is 769 g/mol. The second kappa shape index (κ2) is 19.1. The van der Waals surface area contributed by atoms with Gasteiger partial charge < -0.3 is 34.9 Å². The molecule has 0 unspecified atom stereocenters. The number of anilines is 5. The van der Waals surface area contributed by atoms with Crippen LogP contribution in [0.4, 0.5) is 34.9 Å². The van der Waals surface area contributed by atoms with E-state index in [0.29, 0.717) is 0 Å². The standard InChI is InChI=1S/2C11H23N3Si2.C11H22N3Si2.Li/c3*1-15(2,3)13-10-8-7-9-11(12-10)14-16(4,5)6;/h2*7-9H,1-6H3,(H2,12,13,14);7-9H,1-6H3,(H-,12,13,14);/q;;-1;+1/p+3. The van der Waals surface area contributed by atoms with Crippen molar-refractivity contribution in [1.29, 1.82) is 0 Å². The van der Waals surface area contributed by atoms with Crippen molar-refractivity contribution in [3.8, 4) is 0 Å². The molecule has 9 nitrogen and oxygen atoms in total. The molecular formula is C33H71LiN9Si6+3. The summed E-state index contributed by atoms with van der Waals surface area (Å²) in [4.78, 5) is 32.7. The summed E-state index contributed by atoms with van der Waals surface area (Å²) in [6.45, 7) is 41.0. The Bertz CT molecular complexity index is 1140. The van der Waals surface area contributed by atoms with E-state index in [1.165, 1.54) is 0 Å². The molecular weight excluding hydrogens is 698 g/mol. The van der Waals surface area contributed by atoms with Crippen molar-refractivity contribution in [2.24, 2.45) is 0 Å². The molecule has 0 spiro atoms.